The van der Waals surface area contributed by atoms with Crippen molar-refractivity contribution in [2.75, 3.05) is 76.1 Å². The quantitative estimate of drug-likeness (QED) is 0.153. The Bertz CT molecular complexity index is 1220. The van der Waals surface area contributed by atoms with Crippen molar-refractivity contribution in [2.24, 2.45) is 0 Å². The van der Waals surface area contributed by atoms with Gasteiger partial charge >= 0.3 is 0 Å². The fourth-order valence-corrected chi connectivity index (χ4v) is 5.41. The van der Waals surface area contributed by atoms with Gasteiger partial charge < -0.3 is 39.6 Å². The van der Waals surface area contributed by atoms with Gasteiger partial charge in [-0.05, 0) is 57.7 Å². The first-order valence-corrected chi connectivity index (χ1v) is 16.2. The third-order valence-electron chi connectivity index (χ3n) is 7.91. The molecule has 1 saturated heterocycles. The Hall–Kier alpha value is -3.03. The Morgan fingerprint density at radius 2 is 1.82 bits per heavy atom. The van der Waals surface area contributed by atoms with Crippen LogP contribution in [0.25, 0.3) is 5.65 Å². The van der Waals surface area contributed by atoms with E-state index in [4.69, 9.17) is 23.9 Å². The molecule has 1 atom stereocenters. The zero-order chi connectivity index (χ0) is 31.0. The number of pyridine rings is 1. The SMILES string of the molecule is CCc1cnn2c(NCc3ccc(OCCOCCOCCOC4CCNCC4)nc3)cc(N(CC)C(CC)CCO)nc12. The fraction of sp³-hybridized carbons (Fsp3) is 0.656. The zero-order valence-corrected chi connectivity index (χ0v) is 26.7. The van der Waals surface area contributed by atoms with E-state index < -0.39 is 0 Å². The summed E-state index contributed by atoms with van der Waals surface area (Å²) in [5.41, 5.74) is 2.96. The number of rotatable bonds is 21. The third kappa shape index (κ3) is 10.00. The molecule has 0 aromatic carbocycles. The molecule has 0 aliphatic carbocycles. The van der Waals surface area contributed by atoms with Gasteiger partial charge in [-0.1, -0.05) is 19.9 Å². The first-order valence-electron chi connectivity index (χ1n) is 16.2. The van der Waals surface area contributed by atoms with E-state index in [1.807, 2.05) is 35.1 Å². The van der Waals surface area contributed by atoms with E-state index in [0.29, 0.717) is 64.6 Å². The van der Waals surface area contributed by atoms with Crippen LogP contribution in [0.15, 0.2) is 30.6 Å². The topological polar surface area (TPSA) is 128 Å². The second-order valence-electron chi connectivity index (χ2n) is 10.9. The van der Waals surface area contributed by atoms with Crippen LogP contribution in [0.5, 0.6) is 5.88 Å². The summed E-state index contributed by atoms with van der Waals surface area (Å²) in [6.07, 6.45) is 8.68. The highest BCUT2D eigenvalue weighted by atomic mass is 16.6. The summed E-state index contributed by atoms with van der Waals surface area (Å²) >= 11 is 0. The number of anilines is 2. The normalized spacial score (nSPS) is 14.6. The molecular weight excluding hydrogens is 562 g/mol. The fourth-order valence-electron chi connectivity index (χ4n) is 5.41. The second kappa shape index (κ2) is 18.7. The lowest BCUT2D eigenvalue weighted by molar-refractivity contribution is -0.0215. The average molecular weight is 614 g/mol. The second-order valence-corrected chi connectivity index (χ2v) is 10.9. The number of ether oxygens (including phenoxy) is 4. The molecule has 1 unspecified atom stereocenters. The lowest BCUT2D eigenvalue weighted by Crippen LogP contribution is -2.36. The summed E-state index contributed by atoms with van der Waals surface area (Å²) < 4.78 is 24.6. The number of piperidine rings is 1. The summed E-state index contributed by atoms with van der Waals surface area (Å²) in [6.45, 7) is 13.1. The molecule has 12 heteroatoms. The Labute approximate surface area is 261 Å². The van der Waals surface area contributed by atoms with Crippen LogP contribution in [0.2, 0.25) is 0 Å². The van der Waals surface area contributed by atoms with Crippen LogP contribution in [0, 0.1) is 0 Å². The van der Waals surface area contributed by atoms with Gasteiger partial charge in [0.05, 0.1) is 45.3 Å². The van der Waals surface area contributed by atoms with Crippen molar-refractivity contribution in [1.82, 2.24) is 24.9 Å². The number of nitrogens with one attached hydrogen (secondary N) is 2. The molecule has 4 heterocycles. The Morgan fingerprint density at radius 1 is 1.05 bits per heavy atom. The first kappa shape index (κ1) is 33.9. The summed E-state index contributed by atoms with van der Waals surface area (Å²) in [4.78, 5) is 11.7. The predicted molar refractivity (Wildman–Crippen MR) is 172 cm³/mol. The maximum atomic E-state index is 9.61. The number of hydrogen-bond donors (Lipinski definition) is 3. The molecule has 3 aromatic rings. The van der Waals surface area contributed by atoms with Crippen molar-refractivity contribution in [3.05, 3.63) is 41.7 Å². The number of aryl methyl sites for hydroxylation is 1. The van der Waals surface area contributed by atoms with Gasteiger partial charge in [0.15, 0.2) is 5.65 Å². The highest BCUT2D eigenvalue weighted by molar-refractivity contribution is 5.61. The van der Waals surface area contributed by atoms with Crippen LogP contribution < -0.4 is 20.3 Å². The minimum absolute atomic E-state index is 0.152. The van der Waals surface area contributed by atoms with Gasteiger partial charge in [0.25, 0.3) is 0 Å². The average Bonchev–Trinajstić information content (AvgIpc) is 3.48. The summed E-state index contributed by atoms with van der Waals surface area (Å²) in [7, 11) is 0. The standard InChI is InChI=1S/C32H51N7O5/c1-4-26-24-36-39-29(21-30(37-32(26)39)38(6-3)27(5-2)11-14-40)34-22-25-7-8-31(35-23-25)44-20-18-42-16-15-41-17-19-43-28-9-12-33-13-10-28/h7-8,21,23-24,27-28,33-34,40H,4-6,9-20,22H2,1-3H3. The molecule has 0 bridgehead atoms. The van der Waals surface area contributed by atoms with Crippen LogP contribution in [0.4, 0.5) is 11.6 Å². The molecule has 244 valence electrons. The molecule has 3 aromatic heterocycles. The van der Waals surface area contributed by atoms with Crippen LogP contribution in [0.3, 0.4) is 0 Å². The van der Waals surface area contributed by atoms with Crippen molar-refractivity contribution in [3.63, 3.8) is 0 Å². The summed E-state index contributed by atoms with van der Waals surface area (Å²) in [5.74, 6) is 2.30. The van der Waals surface area contributed by atoms with Crippen molar-refractivity contribution < 1.29 is 24.1 Å². The highest BCUT2D eigenvalue weighted by Gasteiger charge is 2.20. The lowest BCUT2D eigenvalue weighted by atomic mass is 10.1. The maximum Gasteiger partial charge on any atom is 0.213 e. The van der Waals surface area contributed by atoms with Crippen molar-refractivity contribution in [1.29, 1.82) is 0 Å². The predicted octanol–water partition coefficient (Wildman–Crippen LogP) is 3.47. The highest BCUT2D eigenvalue weighted by Crippen LogP contribution is 2.25. The largest absolute Gasteiger partial charge is 0.475 e. The van der Waals surface area contributed by atoms with Crippen molar-refractivity contribution >= 4 is 17.3 Å². The minimum atomic E-state index is 0.152. The molecule has 12 nitrogen and oxygen atoms in total. The van der Waals surface area contributed by atoms with E-state index in [9.17, 15) is 5.11 Å². The zero-order valence-electron chi connectivity index (χ0n) is 26.7. The van der Waals surface area contributed by atoms with Crippen LogP contribution >= 0.6 is 0 Å². The number of aliphatic hydroxyl groups is 1. The Morgan fingerprint density at radius 3 is 2.50 bits per heavy atom. The van der Waals surface area contributed by atoms with Gasteiger partial charge in [-0.3, -0.25) is 0 Å². The third-order valence-corrected chi connectivity index (χ3v) is 7.91. The maximum absolute atomic E-state index is 9.61. The lowest BCUT2D eigenvalue weighted by Gasteiger charge is -2.31. The molecule has 44 heavy (non-hydrogen) atoms. The monoisotopic (exact) mass is 613 g/mol. The van der Waals surface area contributed by atoms with Gasteiger partial charge in [-0.15, -0.1) is 0 Å². The van der Waals surface area contributed by atoms with Crippen LogP contribution in [-0.4, -0.2) is 103 Å². The smallest absolute Gasteiger partial charge is 0.213 e. The van der Waals surface area contributed by atoms with E-state index in [-0.39, 0.29) is 12.6 Å². The van der Waals surface area contributed by atoms with E-state index in [1.54, 1.807) is 0 Å². The number of aromatic nitrogens is 4. The van der Waals surface area contributed by atoms with E-state index in [1.165, 1.54) is 0 Å². The molecule has 1 aliphatic rings. The molecule has 4 rings (SSSR count). The van der Waals surface area contributed by atoms with Crippen LogP contribution in [0.1, 0.15) is 57.6 Å². The number of hydrogen-bond acceptors (Lipinski definition) is 11. The van der Waals surface area contributed by atoms with E-state index in [0.717, 1.165) is 73.7 Å². The first-order chi connectivity index (χ1) is 21.7. The van der Waals surface area contributed by atoms with Crippen LogP contribution in [-0.2, 0) is 27.2 Å². The number of nitrogens with zero attached hydrogens (tertiary/aromatic N) is 5. The number of fused-ring (bicyclic) bond motifs is 1. The Kier molecular flexibility index (Phi) is 14.4. The van der Waals surface area contributed by atoms with Gasteiger partial charge in [0.1, 0.15) is 18.2 Å². The Balaban J connectivity index is 1.20. The van der Waals surface area contributed by atoms with Crippen molar-refractivity contribution in [2.45, 2.75) is 71.6 Å². The molecule has 0 spiro atoms. The van der Waals surface area contributed by atoms with Gasteiger partial charge in [0.2, 0.25) is 5.88 Å². The molecule has 1 aliphatic heterocycles. The molecule has 0 saturated carbocycles. The summed E-state index contributed by atoms with van der Waals surface area (Å²) in [6, 6.07) is 6.13. The van der Waals surface area contributed by atoms with Gasteiger partial charge in [0, 0.05) is 49.6 Å². The number of aliphatic hydroxyl groups excluding tert-OH is 1. The van der Waals surface area contributed by atoms with E-state index in [2.05, 4.69) is 46.4 Å². The summed E-state index contributed by atoms with van der Waals surface area (Å²) in [5, 5.41) is 21.1. The van der Waals surface area contributed by atoms with E-state index >= 15 is 0 Å². The molecular formula is C32H51N7O5. The molecule has 1 fully saturated rings. The molecule has 0 amide bonds. The van der Waals surface area contributed by atoms with Gasteiger partial charge in [-0.25, -0.2) is 9.97 Å². The van der Waals surface area contributed by atoms with Crippen molar-refractivity contribution in [3.8, 4) is 5.88 Å². The minimum Gasteiger partial charge on any atom is -0.475 e. The molecule has 3 N–H and O–H groups in total. The molecule has 0 radical (unpaired) electrons. The van der Waals surface area contributed by atoms with Gasteiger partial charge in [-0.2, -0.15) is 9.61 Å².